The zero-order valence-corrected chi connectivity index (χ0v) is 22.7. The lowest BCUT2D eigenvalue weighted by atomic mass is 10.00. The summed E-state index contributed by atoms with van der Waals surface area (Å²) in [5, 5.41) is 6.00. The van der Waals surface area contributed by atoms with Crippen LogP contribution in [0.25, 0.3) is 0 Å². The van der Waals surface area contributed by atoms with Crippen molar-refractivity contribution in [3.05, 3.63) is 101 Å². The predicted molar refractivity (Wildman–Crippen MR) is 150 cm³/mol. The number of nitrogens with one attached hydrogen (secondary N) is 2. The number of rotatable bonds is 8. The van der Waals surface area contributed by atoms with Gasteiger partial charge in [0, 0.05) is 56.3 Å². The number of carbonyl (C=O) groups excluding carboxylic acids is 3. The van der Waals surface area contributed by atoms with Crippen LogP contribution in [-0.4, -0.2) is 58.8 Å². The summed E-state index contributed by atoms with van der Waals surface area (Å²) in [5.41, 5.74) is 3.19. The molecule has 3 aromatic carbocycles. The van der Waals surface area contributed by atoms with Crippen molar-refractivity contribution in [2.75, 3.05) is 13.1 Å². The molecule has 212 valence electrons. The molecule has 0 bridgehead atoms. The van der Waals surface area contributed by atoms with E-state index in [2.05, 4.69) is 27.7 Å². The summed E-state index contributed by atoms with van der Waals surface area (Å²) < 4.78 is 21.0. The number of ether oxygens (including phenoxy) is 1. The van der Waals surface area contributed by atoms with Crippen LogP contribution in [0.2, 0.25) is 0 Å². The van der Waals surface area contributed by atoms with Gasteiger partial charge in [-0.15, -0.1) is 0 Å². The molecular formula is C32H33FN4O4. The van der Waals surface area contributed by atoms with E-state index in [0.717, 1.165) is 18.5 Å². The second-order valence-electron chi connectivity index (χ2n) is 11.0. The standard InChI is InChI=1S/C32H33FN4O4/c33-26-9-5-4-8-22(26)18-36-15-14-27(34-17-21-6-2-1-3-7-21)29(20-36)41-24-10-11-25-23(16-24)19-37(32(25)40)28-12-13-30(38)35-31(28)39/h1-11,16,27-29,34H,12-15,17-20H2,(H,35,38,39)/t27-,28?,29-/m1/s1. The van der Waals surface area contributed by atoms with E-state index in [9.17, 15) is 18.8 Å². The molecule has 0 radical (unpaired) electrons. The van der Waals surface area contributed by atoms with Gasteiger partial charge >= 0.3 is 0 Å². The highest BCUT2D eigenvalue weighted by atomic mass is 19.1. The van der Waals surface area contributed by atoms with Gasteiger partial charge in [0.25, 0.3) is 5.91 Å². The number of carbonyl (C=O) groups is 3. The van der Waals surface area contributed by atoms with Crippen molar-refractivity contribution in [1.82, 2.24) is 20.4 Å². The summed E-state index contributed by atoms with van der Waals surface area (Å²) in [6, 6.07) is 21.9. The van der Waals surface area contributed by atoms with Crippen LogP contribution in [0.5, 0.6) is 5.75 Å². The number of amides is 3. The molecule has 3 aliphatic heterocycles. The molecule has 3 amide bonds. The highest BCUT2D eigenvalue weighted by Crippen LogP contribution is 2.31. The first-order chi connectivity index (χ1) is 19.9. The molecule has 0 aromatic heterocycles. The number of benzene rings is 3. The minimum atomic E-state index is -0.658. The van der Waals surface area contributed by atoms with Gasteiger partial charge in [0.05, 0.1) is 0 Å². The Bertz CT molecular complexity index is 1450. The van der Waals surface area contributed by atoms with Crippen molar-refractivity contribution in [1.29, 1.82) is 0 Å². The van der Waals surface area contributed by atoms with Crippen LogP contribution < -0.4 is 15.4 Å². The number of piperidine rings is 2. The SMILES string of the molecule is O=C1CCC(N2Cc3cc(O[C@@H]4CN(Cc5ccccc5F)CC[C@H]4NCc4ccccc4)ccc3C2=O)C(=O)N1. The fourth-order valence-corrected chi connectivity index (χ4v) is 5.99. The van der Waals surface area contributed by atoms with Crippen LogP contribution in [0, 0.1) is 5.82 Å². The van der Waals surface area contributed by atoms with Gasteiger partial charge in [-0.2, -0.15) is 0 Å². The first-order valence-corrected chi connectivity index (χ1v) is 14.1. The zero-order valence-electron chi connectivity index (χ0n) is 22.7. The molecule has 0 spiro atoms. The van der Waals surface area contributed by atoms with Crippen molar-refractivity contribution in [3.63, 3.8) is 0 Å². The van der Waals surface area contributed by atoms with E-state index in [1.54, 1.807) is 18.2 Å². The first-order valence-electron chi connectivity index (χ1n) is 14.1. The van der Waals surface area contributed by atoms with Gasteiger partial charge in [-0.05, 0) is 48.2 Å². The monoisotopic (exact) mass is 556 g/mol. The third kappa shape index (κ3) is 6.01. The van der Waals surface area contributed by atoms with Crippen molar-refractivity contribution in [2.45, 2.75) is 57.1 Å². The van der Waals surface area contributed by atoms with Gasteiger partial charge in [-0.3, -0.25) is 24.6 Å². The topological polar surface area (TPSA) is 91.0 Å². The van der Waals surface area contributed by atoms with Crippen LogP contribution >= 0.6 is 0 Å². The lowest BCUT2D eigenvalue weighted by Gasteiger charge is -2.39. The Morgan fingerprint density at radius 1 is 0.976 bits per heavy atom. The number of fused-ring (bicyclic) bond motifs is 1. The molecule has 3 aromatic rings. The molecule has 2 N–H and O–H groups in total. The van der Waals surface area contributed by atoms with Crippen LogP contribution in [0.3, 0.4) is 0 Å². The molecule has 6 rings (SSSR count). The van der Waals surface area contributed by atoms with E-state index in [1.807, 2.05) is 36.4 Å². The molecule has 3 heterocycles. The fourth-order valence-electron chi connectivity index (χ4n) is 5.99. The molecule has 9 heteroatoms. The number of hydrogen-bond donors (Lipinski definition) is 2. The van der Waals surface area contributed by atoms with Gasteiger partial charge in [0.2, 0.25) is 11.8 Å². The summed E-state index contributed by atoms with van der Waals surface area (Å²) in [6.45, 7) is 2.91. The van der Waals surface area contributed by atoms with Crippen LogP contribution in [0.1, 0.15) is 46.3 Å². The van der Waals surface area contributed by atoms with E-state index >= 15 is 0 Å². The van der Waals surface area contributed by atoms with Crippen molar-refractivity contribution >= 4 is 17.7 Å². The van der Waals surface area contributed by atoms with Gasteiger partial charge in [0.1, 0.15) is 23.7 Å². The highest BCUT2D eigenvalue weighted by molar-refractivity contribution is 6.05. The zero-order chi connectivity index (χ0) is 28.3. The Balaban J connectivity index is 1.18. The molecule has 0 aliphatic carbocycles. The number of halogens is 1. The maximum absolute atomic E-state index is 14.4. The molecular weight excluding hydrogens is 523 g/mol. The minimum absolute atomic E-state index is 0.0712. The number of hydrogen-bond acceptors (Lipinski definition) is 6. The van der Waals surface area contributed by atoms with Crippen molar-refractivity contribution in [3.8, 4) is 5.75 Å². The largest absolute Gasteiger partial charge is 0.487 e. The Morgan fingerprint density at radius 2 is 1.78 bits per heavy atom. The molecule has 2 saturated heterocycles. The van der Waals surface area contributed by atoms with E-state index in [1.165, 1.54) is 16.5 Å². The maximum Gasteiger partial charge on any atom is 0.255 e. The third-order valence-electron chi connectivity index (χ3n) is 8.19. The Labute approximate surface area is 238 Å². The Kier molecular flexibility index (Phi) is 7.80. The Morgan fingerprint density at radius 3 is 2.59 bits per heavy atom. The summed E-state index contributed by atoms with van der Waals surface area (Å²) in [5.74, 6) is -0.511. The van der Waals surface area contributed by atoms with E-state index in [4.69, 9.17) is 4.74 Å². The molecule has 0 saturated carbocycles. The average molecular weight is 557 g/mol. The van der Waals surface area contributed by atoms with Gasteiger partial charge in [0.15, 0.2) is 0 Å². The van der Waals surface area contributed by atoms with Crippen molar-refractivity contribution < 1.29 is 23.5 Å². The molecule has 1 unspecified atom stereocenters. The molecule has 41 heavy (non-hydrogen) atoms. The normalized spacial score (nSPS) is 22.9. The van der Waals surface area contributed by atoms with Crippen molar-refractivity contribution in [2.24, 2.45) is 0 Å². The number of likely N-dealkylation sites (tertiary alicyclic amines) is 1. The van der Waals surface area contributed by atoms with E-state index in [-0.39, 0.29) is 42.7 Å². The second kappa shape index (κ2) is 11.8. The number of nitrogens with zero attached hydrogens (tertiary/aromatic N) is 2. The number of imide groups is 1. The quantitative estimate of drug-likeness (QED) is 0.414. The van der Waals surface area contributed by atoms with Crippen LogP contribution in [0.4, 0.5) is 4.39 Å². The van der Waals surface area contributed by atoms with Crippen LogP contribution in [0.15, 0.2) is 72.8 Å². The first kappa shape index (κ1) is 27.1. The molecule has 8 nitrogen and oxygen atoms in total. The Hall–Kier alpha value is -4.08. The minimum Gasteiger partial charge on any atom is -0.487 e. The fraction of sp³-hybridized carbons (Fsp3) is 0.344. The van der Waals surface area contributed by atoms with E-state index < -0.39 is 11.9 Å². The highest BCUT2D eigenvalue weighted by Gasteiger charge is 2.39. The summed E-state index contributed by atoms with van der Waals surface area (Å²) in [6.07, 6.45) is 1.16. The second-order valence-corrected chi connectivity index (χ2v) is 11.0. The predicted octanol–water partition coefficient (Wildman–Crippen LogP) is 3.40. The lowest BCUT2D eigenvalue weighted by molar-refractivity contribution is -0.136. The summed E-state index contributed by atoms with van der Waals surface area (Å²) in [4.78, 5) is 40.9. The molecule has 3 atom stereocenters. The van der Waals surface area contributed by atoms with Gasteiger partial charge < -0.3 is 15.0 Å². The van der Waals surface area contributed by atoms with E-state index in [0.29, 0.717) is 42.9 Å². The molecule has 3 aliphatic rings. The molecule has 2 fully saturated rings. The smallest absolute Gasteiger partial charge is 0.255 e. The van der Waals surface area contributed by atoms with Gasteiger partial charge in [-0.1, -0.05) is 48.5 Å². The average Bonchev–Trinajstić information content (AvgIpc) is 3.29. The third-order valence-corrected chi connectivity index (χ3v) is 8.19. The summed E-state index contributed by atoms with van der Waals surface area (Å²) >= 11 is 0. The summed E-state index contributed by atoms with van der Waals surface area (Å²) in [7, 11) is 0. The maximum atomic E-state index is 14.4. The van der Waals surface area contributed by atoms with Crippen LogP contribution in [-0.2, 0) is 29.2 Å². The van der Waals surface area contributed by atoms with Gasteiger partial charge in [-0.25, -0.2) is 4.39 Å². The lowest BCUT2D eigenvalue weighted by Crippen LogP contribution is -2.54.